The van der Waals surface area contributed by atoms with Crippen LogP contribution in [0.4, 0.5) is 0 Å². The van der Waals surface area contributed by atoms with Gasteiger partial charge in [0.2, 0.25) is 0 Å². The third-order valence-electron chi connectivity index (χ3n) is 15.4. The minimum atomic E-state index is -1.79. The van der Waals surface area contributed by atoms with Crippen LogP contribution in [0.2, 0.25) is 0 Å². The molecular weight excluding hydrogens is 1040 g/mol. The SMILES string of the molecule is CC/C=C\C/C=C\C/C=C\CCCCCCCC(=O)OCC(COC1OC(COC2OC(CO)C(O)C(OC(=O)CCCCCCCCCCCCCCC)C2O)C(O)C(O)C1O)OC(=O)CCCCCCCCCCCCCCC. The first-order valence-corrected chi connectivity index (χ1v) is 32.5. The highest BCUT2D eigenvalue weighted by molar-refractivity contribution is 5.70. The standard InChI is InChI=1S/C65H116O16/c1-4-7-10-13-16-19-22-25-26-29-30-33-36-39-42-45-55(67)75-49-52(78-56(68)46-43-40-37-34-31-27-23-20-17-14-11-8-5-2)50-76-64-61(73)60(72)58(70)54(80-64)51-77-65-62(74)63(59(71)53(48-66)79-65)81-57(69)47-44-41-38-35-32-28-24-21-18-15-12-9-6-3/h7,10,16,19,25-26,52-54,58-66,70-74H,4-6,8-9,11-15,17-18,20-24,27-51H2,1-3H3/b10-7-,19-16-,26-25-. The largest absolute Gasteiger partial charge is 0.462 e. The summed E-state index contributed by atoms with van der Waals surface area (Å²) in [4.78, 5) is 39.0. The molecule has 16 heteroatoms. The molecular formula is C65H116O16. The van der Waals surface area contributed by atoms with Gasteiger partial charge >= 0.3 is 17.9 Å². The Labute approximate surface area is 489 Å². The number of hydrogen-bond donors (Lipinski definition) is 6. The van der Waals surface area contributed by atoms with Gasteiger partial charge in [-0.1, -0.05) is 231 Å². The third kappa shape index (κ3) is 36.6. The zero-order chi connectivity index (χ0) is 59.0. The van der Waals surface area contributed by atoms with E-state index in [-0.39, 0.29) is 25.9 Å². The van der Waals surface area contributed by atoms with E-state index >= 15 is 0 Å². The minimum absolute atomic E-state index is 0.0747. The van der Waals surface area contributed by atoms with Gasteiger partial charge in [-0.25, -0.2) is 0 Å². The lowest BCUT2D eigenvalue weighted by molar-refractivity contribution is -0.333. The summed E-state index contributed by atoms with van der Waals surface area (Å²) in [7, 11) is 0. The summed E-state index contributed by atoms with van der Waals surface area (Å²) in [5, 5.41) is 65.0. The summed E-state index contributed by atoms with van der Waals surface area (Å²) >= 11 is 0. The number of hydrogen-bond acceptors (Lipinski definition) is 16. The van der Waals surface area contributed by atoms with E-state index in [1.807, 2.05) is 0 Å². The van der Waals surface area contributed by atoms with Crippen LogP contribution in [-0.4, -0.2) is 142 Å². The van der Waals surface area contributed by atoms with E-state index in [9.17, 15) is 45.0 Å². The van der Waals surface area contributed by atoms with Crippen LogP contribution in [0.1, 0.15) is 265 Å². The first-order valence-electron chi connectivity index (χ1n) is 32.5. The molecule has 11 atom stereocenters. The first kappa shape index (κ1) is 74.3. The number of aliphatic hydroxyl groups excluding tert-OH is 6. The van der Waals surface area contributed by atoms with Crippen LogP contribution in [0.3, 0.4) is 0 Å². The van der Waals surface area contributed by atoms with E-state index in [1.165, 1.54) is 109 Å². The second-order valence-corrected chi connectivity index (χ2v) is 22.7. The Morgan fingerprint density at radius 1 is 0.432 bits per heavy atom. The summed E-state index contributed by atoms with van der Waals surface area (Å²) in [5.74, 6) is -1.58. The van der Waals surface area contributed by atoms with Crippen LogP contribution in [0, 0.1) is 0 Å². The smallest absolute Gasteiger partial charge is 0.306 e. The van der Waals surface area contributed by atoms with Crippen LogP contribution < -0.4 is 0 Å². The van der Waals surface area contributed by atoms with Gasteiger partial charge in [-0.3, -0.25) is 14.4 Å². The highest BCUT2D eigenvalue weighted by Crippen LogP contribution is 2.28. The monoisotopic (exact) mass is 1150 g/mol. The van der Waals surface area contributed by atoms with Crippen molar-refractivity contribution in [2.75, 3.05) is 26.4 Å². The normalized spacial score (nSPS) is 23.7. The van der Waals surface area contributed by atoms with Crippen LogP contribution >= 0.6 is 0 Å². The van der Waals surface area contributed by atoms with Gasteiger partial charge in [0.1, 0.15) is 49.3 Å². The maximum Gasteiger partial charge on any atom is 0.306 e. The molecule has 6 N–H and O–H groups in total. The summed E-state index contributed by atoms with van der Waals surface area (Å²) in [6.07, 6.45) is 35.1. The van der Waals surface area contributed by atoms with Crippen LogP contribution in [0.15, 0.2) is 36.5 Å². The Kier molecular flexibility index (Phi) is 46.4. The molecule has 0 spiro atoms. The molecule has 16 nitrogen and oxygen atoms in total. The molecule has 0 radical (unpaired) electrons. The zero-order valence-corrected chi connectivity index (χ0v) is 50.8. The van der Waals surface area contributed by atoms with Gasteiger partial charge in [0.15, 0.2) is 24.8 Å². The van der Waals surface area contributed by atoms with Crippen LogP contribution in [-0.2, 0) is 47.5 Å². The molecule has 0 saturated carbocycles. The molecule has 81 heavy (non-hydrogen) atoms. The molecule has 2 saturated heterocycles. The van der Waals surface area contributed by atoms with E-state index in [1.54, 1.807) is 0 Å². The van der Waals surface area contributed by atoms with Crippen molar-refractivity contribution in [1.82, 2.24) is 0 Å². The fraction of sp³-hybridized carbons (Fsp3) is 0.862. The summed E-state index contributed by atoms with van der Waals surface area (Å²) in [6, 6.07) is 0. The van der Waals surface area contributed by atoms with Crippen molar-refractivity contribution in [1.29, 1.82) is 0 Å². The Bertz CT molecular complexity index is 1610. The van der Waals surface area contributed by atoms with Crippen molar-refractivity contribution in [3.63, 3.8) is 0 Å². The van der Waals surface area contributed by atoms with Gasteiger partial charge in [0.05, 0.1) is 19.8 Å². The Hall–Kier alpha value is -2.77. The molecule has 2 fully saturated rings. The fourth-order valence-electron chi connectivity index (χ4n) is 10.2. The van der Waals surface area contributed by atoms with Crippen molar-refractivity contribution in [3.8, 4) is 0 Å². The second-order valence-electron chi connectivity index (χ2n) is 22.7. The highest BCUT2D eigenvalue weighted by atomic mass is 16.7. The fourth-order valence-corrected chi connectivity index (χ4v) is 10.2. The predicted molar refractivity (Wildman–Crippen MR) is 317 cm³/mol. The van der Waals surface area contributed by atoms with Crippen molar-refractivity contribution < 1.29 is 78.2 Å². The number of carbonyl (C=O) groups is 3. The van der Waals surface area contributed by atoms with Gasteiger partial charge in [0, 0.05) is 19.3 Å². The van der Waals surface area contributed by atoms with E-state index < -0.39 is 105 Å². The van der Waals surface area contributed by atoms with Crippen molar-refractivity contribution in [3.05, 3.63) is 36.5 Å². The molecule has 472 valence electrons. The topological polar surface area (TPSA) is 237 Å². The van der Waals surface area contributed by atoms with E-state index in [0.29, 0.717) is 19.3 Å². The maximum atomic E-state index is 13.2. The van der Waals surface area contributed by atoms with Gasteiger partial charge in [-0.15, -0.1) is 0 Å². The minimum Gasteiger partial charge on any atom is -0.462 e. The molecule has 2 rings (SSSR count). The average molecular weight is 1150 g/mol. The Morgan fingerprint density at radius 3 is 1.37 bits per heavy atom. The number of ether oxygens (including phenoxy) is 7. The number of rotatable bonds is 52. The summed E-state index contributed by atoms with van der Waals surface area (Å²) in [5.41, 5.74) is 0. The van der Waals surface area contributed by atoms with Crippen LogP contribution in [0.5, 0.6) is 0 Å². The molecule has 0 aromatic carbocycles. The molecule has 0 amide bonds. The van der Waals surface area contributed by atoms with E-state index in [2.05, 4.69) is 57.2 Å². The maximum absolute atomic E-state index is 13.2. The Morgan fingerprint density at radius 2 is 0.864 bits per heavy atom. The lowest BCUT2D eigenvalue weighted by atomic mass is 9.98. The second kappa shape index (κ2) is 50.5. The number of carbonyl (C=O) groups excluding carboxylic acids is 3. The molecule has 2 aliphatic heterocycles. The number of esters is 3. The first-order chi connectivity index (χ1) is 39.5. The van der Waals surface area contributed by atoms with Crippen LogP contribution in [0.25, 0.3) is 0 Å². The number of unbranched alkanes of at least 4 members (excludes halogenated alkanes) is 29. The molecule has 0 aliphatic carbocycles. The van der Waals surface area contributed by atoms with Crippen molar-refractivity contribution in [2.24, 2.45) is 0 Å². The summed E-state index contributed by atoms with van der Waals surface area (Å²) < 4.78 is 40.0. The van der Waals surface area contributed by atoms with Gasteiger partial charge in [-0.05, 0) is 51.4 Å². The molecule has 0 aromatic heterocycles. The average Bonchev–Trinajstić information content (AvgIpc) is 3.48. The number of aliphatic hydroxyl groups is 6. The zero-order valence-electron chi connectivity index (χ0n) is 50.8. The molecule has 2 heterocycles. The van der Waals surface area contributed by atoms with Gasteiger partial charge in [-0.2, -0.15) is 0 Å². The van der Waals surface area contributed by atoms with E-state index in [4.69, 9.17) is 33.2 Å². The molecule has 11 unspecified atom stereocenters. The van der Waals surface area contributed by atoms with Crippen molar-refractivity contribution >= 4 is 17.9 Å². The van der Waals surface area contributed by atoms with Gasteiger partial charge < -0.3 is 63.8 Å². The third-order valence-corrected chi connectivity index (χ3v) is 15.4. The summed E-state index contributed by atoms with van der Waals surface area (Å²) in [6.45, 7) is 4.62. The van der Waals surface area contributed by atoms with Crippen molar-refractivity contribution in [2.45, 2.75) is 332 Å². The number of allylic oxidation sites excluding steroid dienone is 6. The highest BCUT2D eigenvalue weighted by Gasteiger charge is 2.49. The molecule has 2 aliphatic rings. The molecule has 0 aromatic rings. The van der Waals surface area contributed by atoms with Gasteiger partial charge in [0.25, 0.3) is 0 Å². The lowest BCUT2D eigenvalue weighted by Crippen LogP contribution is -2.62. The predicted octanol–water partition coefficient (Wildman–Crippen LogP) is 12.2. The Balaban J connectivity index is 1.90. The van der Waals surface area contributed by atoms with E-state index in [0.717, 1.165) is 96.3 Å². The molecule has 0 bridgehead atoms. The lowest BCUT2D eigenvalue weighted by Gasteiger charge is -2.43. The quantitative estimate of drug-likeness (QED) is 0.0144.